The molecule has 31 heavy (non-hydrogen) atoms. The van der Waals surface area contributed by atoms with Crippen LogP contribution in [0.25, 0.3) is 0 Å². The van der Waals surface area contributed by atoms with Gasteiger partial charge in [-0.3, -0.25) is 0 Å². The first-order chi connectivity index (χ1) is 14.9. The van der Waals surface area contributed by atoms with Gasteiger partial charge in [-0.2, -0.15) is 0 Å². The van der Waals surface area contributed by atoms with E-state index in [1.807, 2.05) is 0 Å². The van der Waals surface area contributed by atoms with Gasteiger partial charge in [0.1, 0.15) is 17.3 Å². The molecule has 0 spiro atoms. The predicted molar refractivity (Wildman–Crippen MR) is 108 cm³/mol. The van der Waals surface area contributed by atoms with E-state index in [0.29, 0.717) is 30.4 Å². The monoisotopic (exact) mass is 438 g/mol. The van der Waals surface area contributed by atoms with Gasteiger partial charge in [-0.1, -0.05) is 39.0 Å². The van der Waals surface area contributed by atoms with Crippen molar-refractivity contribution in [2.45, 2.75) is 51.9 Å². The minimum atomic E-state index is -1.68. The summed E-state index contributed by atoms with van der Waals surface area (Å²) in [4.78, 5) is 12.1. The number of unbranched alkanes of at least 4 members (excludes halogenated alkanes) is 1. The molecule has 0 aromatic heterocycles. The van der Waals surface area contributed by atoms with Crippen molar-refractivity contribution < 1.29 is 31.8 Å². The first-order valence-corrected chi connectivity index (χ1v) is 10.7. The van der Waals surface area contributed by atoms with E-state index in [9.17, 15) is 22.4 Å². The Kier molecular flexibility index (Phi) is 7.93. The average Bonchev–Trinajstić information content (AvgIpc) is 2.75. The Balaban J connectivity index is 1.53. The van der Waals surface area contributed by atoms with Crippen molar-refractivity contribution >= 4 is 5.97 Å². The smallest absolute Gasteiger partial charge is 0.346 e. The SMILES string of the molecule is CCCCC1CCC(COc2ccc(C(=O)Oc3cc(F)c(F)c(F)c3)c(F)c2)CC1. The molecule has 0 radical (unpaired) electrons. The quantitative estimate of drug-likeness (QED) is 0.196. The highest BCUT2D eigenvalue weighted by Gasteiger charge is 2.22. The van der Waals surface area contributed by atoms with E-state index in [2.05, 4.69) is 6.92 Å². The maximum Gasteiger partial charge on any atom is 0.346 e. The summed E-state index contributed by atoms with van der Waals surface area (Å²) in [6.07, 6.45) is 8.33. The lowest BCUT2D eigenvalue weighted by Crippen LogP contribution is -2.20. The van der Waals surface area contributed by atoms with Crippen molar-refractivity contribution in [3.63, 3.8) is 0 Å². The molecule has 0 aliphatic heterocycles. The van der Waals surface area contributed by atoms with Gasteiger partial charge in [-0.25, -0.2) is 22.4 Å². The lowest BCUT2D eigenvalue weighted by molar-refractivity contribution is 0.0728. The van der Waals surface area contributed by atoms with Crippen molar-refractivity contribution in [1.29, 1.82) is 0 Å². The highest BCUT2D eigenvalue weighted by molar-refractivity contribution is 5.91. The predicted octanol–water partition coefficient (Wildman–Crippen LogP) is 6.84. The minimum Gasteiger partial charge on any atom is -0.493 e. The van der Waals surface area contributed by atoms with Crippen LogP contribution in [0.2, 0.25) is 0 Å². The molecule has 1 aliphatic rings. The third-order valence-electron chi connectivity index (χ3n) is 5.75. The fraction of sp³-hybridized carbons (Fsp3) is 0.458. The Morgan fingerprint density at radius 3 is 2.13 bits per heavy atom. The summed E-state index contributed by atoms with van der Waals surface area (Å²) in [7, 11) is 0. The fourth-order valence-corrected chi connectivity index (χ4v) is 3.90. The zero-order valence-corrected chi connectivity index (χ0v) is 17.4. The van der Waals surface area contributed by atoms with Crippen LogP contribution in [0.4, 0.5) is 17.6 Å². The average molecular weight is 438 g/mol. The van der Waals surface area contributed by atoms with E-state index >= 15 is 0 Å². The number of benzene rings is 2. The van der Waals surface area contributed by atoms with E-state index in [4.69, 9.17) is 9.47 Å². The van der Waals surface area contributed by atoms with Crippen LogP contribution in [0, 0.1) is 35.1 Å². The normalized spacial score (nSPS) is 18.6. The molecule has 0 bridgehead atoms. The molecule has 3 rings (SSSR count). The van der Waals surface area contributed by atoms with E-state index < -0.39 is 40.6 Å². The Morgan fingerprint density at radius 2 is 1.52 bits per heavy atom. The molecule has 0 heterocycles. The van der Waals surface area contributed by atoms with Gasteiger partial charge in [0.05, 0.1) is 12.2 Å². The molecular formula is C24H26F4O3. The Labute approximate surface area is 179 Å². The standard InChI is InChI=1S/C24H26F4O3/c1-2-3-4-15-5-7-16(8-6-15)14-30-17-9-10-19(20(25)11-17)24(29)31-18-12-21(26)23(28)22(27)13-18/h9-13,15-16H,2-8,14H2,1H3. The summed E-state index contributed by atoms with van der Waals surface area (Å²) in [5.74, 6) is -5.78. The van der Waals surface area contributed by atoms with Crippen LogP contribution in [0.1, 0.15) is 62.2 Å². The molecular weight excluding hydrogens is 412 g/mol. The number of hydrogen-bond donors (Lipinski definition) is 0. The Bertz CT molecular complexity index is 885. The van der Waals surface area contributed by atoms with Crippen LogP contribution in [0.5, 0.6) is 11.5 Å². The molecule has 1 saturated carbocycles. The highest BCUT2D eigenvalue weighted by atomic mass is 19.2. The molecule has 1 fully saturated rings. The number of carbonyl (C=O) groups is 1. The van der Waals surface area contributed by atoms with Gasteiger partial charge in [0.2, 0.25) is 0 Å². The second kappa shape index (κ2) is 10.6. The molecule has 2 aromatic carbocycles. The largest absolute Gasteiger partial charge is 0.493 e. The van der Waals surface area contributed by atoms with Gasteiger partial charge < -0.3 is 9.47 Å². The van der Waals surface area contributed by atoms with Crippen molar-refractivity contribution in [3.8, 4) is 11.5 Å². The molecule has 1 aliphatic carbocycles. The van der Waals surface area contributed by atoms with Gasteiger partial charge in [-0.05, 0) is 36.8 Å². The summed E-state index contributed by atoms with van der Waals surface area (Å²) in [5.41, 5.74) is -0.422. The van der Waals surface area contributed by atoms with Gasteiger partial charge in [0, 0.05) is 18.2 Å². The van der Waals surface area contributed by atoms with Crippen LogP contribution in [0.3, 0.4) is 0 Å². The number of carbonyl (C=O) groups excluding carboxylic acids is 1. The summed E-state index contributed by atoms with van der Waals surface area (Å²) in [6, 6.07) is 4.74. The van der Waals surface area contributed by atoms with E-state index in [1.165, 1.54) is 44.2 Å². The second-order valence-corrected chi connectivity index (χ2v) is 8.07. The molecule has 0 unspecified atom stereocenters. The van der Waals surface area contributed by atoms with Crippen LogP contribution in [0.15, 0.2) is 30.3 Å². The maximum atomic E-state index is 14.4. The summed E-state index contributed by atoms with van der Waals surface area (Å²) in [5, 5.41) is 0. The molecule has 3 nitrogen and oxygen atoms in total. The minimum absolute atomic E-state index is 0.293. The van der Waals surface area contributed by atoms with Crippen molar-refractivity contribution in [2.24, 2.45) is 11.8 Å². The van der Waals surface area contributed by atoms with Crippen molar-refractivity contribution in [2.75, 3.05) is 6.61 Å². The van der Waals surface area contributed by atoms with Gasteiger partial charge in [0.25, 0.3) is 0 Å². The third kappa shape index (κ3) is 6.21. The number of esters is 1. The number of ether oxygens (including phenoxy) is 2. The first-order valence-electron chi connectivity index (χ1n) is 10.7. The third-order valence-corrected chi connectivity index (χ3v) is 5.75. The Hall–Kier alpha value is -2.57. The van der Waals surface area contributed by atoms with Gasteiger partial charge in [-0.15, -0.1) is 0 Å². The fourth-order valence-electron chi connectivity index (χ4n) is 3.90. The molecule has 168 valence electrons. The van der Waals surface area contributed by atoms with Crippen molar-refractivity contribution in [3.05, 3.63) is 59.2 Å². The summed E-state index contributed by atoms with van der Waals surface area (Å²) >= 11 is 0. The zero-order chi connectivity index (χ0) is 22.4. The molecule has 0 amide bonds. The molecule has 7 heteroatoms. The van der Waals surface area contributed by atoms with Gasteiger partial charge >= 0.3 is 5.97 Å². The van der Waals surface area contributed by atoms with E-state index in [1.54, 1.807) is 0 Å². The second-order valence-electron chi connectivity index (χ2n) is 8.07. The van der Waals surface area contributed by atoms with Crippen LogP contribution < -0.4 is 9.47 Å². The van der Waals surface area contributed by atoms with Crippen LogP contribution in [-0.4, -0.2) is 12.6 Å². The highest BCUT2D eigenvalue weighted by Crippen LogP contribution is 2.32. The van der Waals surface area contributed by atoms with Crippen molar-refractivity contribution in [1.82, 2.24) is 0 Å². The molecule has 2 aromatic rings. The van der Waals surface area contributed by atoms with E-state index in [-0.39, 0.29) is 0 Å². The molecule has 0 N–H and O–H groups in total. The van der Waals surface area contributed by atoms with Crippen LogP contribution in [-0.2, 0) is 0 Å². The molecule has 0 atom stereocenters. The number of halogens is 4. The summed E-state index contributed by atoms with van der Waals surface area (Å²) in [6.45, 7) is 2.68. The van der Waals surface area contributed by atoms with E-state index in [0.717, 1.165) is 24.8 Å². The topological polar surface area (TPSA) is 35.5 Å². The summed E-state index contributed by atoms with van der Waals surface area (Å²) < 4.78 is 64.3. The lowest BCUT2D eigenvalue weighted by atomic mass is 9.80. The first kappa shape index (κ1) is 23.1. The zero-order valence-electron chi connectivity index (χ0n) is 17.4. The Morgan fingerprint density at radius 1 is 0.903 bits per heavy atom. The number of rotatable bonds is 8. The van der Waals surface area contributed by atoms with Crippen LogP contribution >= 0.6 is 0 Å². The maximum absolute atomic E-state index is 14.4. The molecule has 0 saturated heterocycles. The lowest BCUT2D eigenvalue weighted by Gasteiger charge is -2.28. The number of hydrogen-bond acceptors (Lipinski definition) is 3. The van der Waals surface area contributed by atoms with Gasteiger partial charge in [0.15, 0.2) is 17.5 Å².